The molecule has 0 N–H and O–H groups in total. The second-order valence-corrected chi connectivity index (χ2v) is 9.72. The van der Waals surface area contributed by atoms with Gasteiger partial charge in [0.15, 0.2) is 0 Å². The molecule has 1 fully saturated rings. The van der Waals surface area contributed by atoms with Gasteiger partial charge in [-0.05, 0) is 67.8 Å². The number of hydrogen-bond acceptors (Lipinski definition) is 3. The molecule has 1 aliphatic heterocycles. The summed E-state index contributed by atoms with van der Waals surface area (Å²) < 4.78 is 52.2. The monoisotopic (exact) mass is 547 g/mol. The van der Waals surface area contributed by atoms with Gasteiger partial charge in [0, 0.05) is 10.0 Å². The van der Waals surface area contributed by atoms with Crippen LogP contribution in [0, 0.1) is 13.8 Å². The van der Waals surface area contributed by atoms with Gasteiger partial charge in [-0.3, -0.25) is 4.90 Å². The second kappa shape index (κ2) is 9.57. The third-order valence-corrected chi connectivity index (χ3v) is 6.69. The summed E-state index contributed by atoms with van der Waals surface area (Å²) in [5.41, 5.74) is 3.69. The first-order valence-corrected chi connectivity index (χ1v) is 11.9. The summed E-state index contributed by atoms with van der Waals surface area (Å²) in [4.78, 5) is 14.5. The number of hydrogen-bond donors (Lipinski definition) is 0. The summed E-state index contributed by atoms with van der Waals surface area (Å²) in [6.45, 7) is 5.59. The predicted octanol–water partition coefficient (Wildman–Crippen LogP) is 7.84. The highest BCUT2D eigenvalue weighted by atomic mass is 79.9. The highest BCUT2D eigenvalue weighted by Crippen LogP contribution is 2.40. The molecule has 1 heterocycles. The molecule has 4 nitrogen and oxygen atoms in total. The van der Waals surface area contributed by atoms with E-state index in [4.69, 9.17) is 9.47 Å². The van der Waals surface area contributed by atoms with Crippen molar-refractivity contribution in [2.75, 3.05) is 7.11 Å². The molecule has 1 aliphatic rings. The van der Waals surface area contributed by atoms with Gasteiger partial charge in [0.25, 0.3) is 0 Å². The lowest BCUT2D eigenvalue weighted by Gasteiger charge is -2.23. The molecule has 0 bridgehead atoms. The lowest BCUT2D eigenvalue weighted by atomic mass is 9.95. The average Bonchev–Trinajstić information content (AvgIpc) is 3.06. The number of nitrogens with zero attached hydrogens (tertiary/aromatic N) is 1. The molecule has 0 unspecified atom stereocenters. The summed E-state index contributed by atoms with van der Waals surface area (Å²) in [6, 6.07) is 15.0. The third kappa shape index (κ3) is 5.17. The smallest absolute Gasteiger partial charge is 0.416 e. The molecular formula is C27H25BrF3NO3. The minimum absolute atomic E-state index is 0.237. The molecule has 0 radical (unpaired) electrons. The van der Waals surface area contributed by atoms with E-state index in [1.165, 1.54) is 0 Å². The summed E-state index contributed by atoms with van der Waals surface area (Å²) in [5, 5.41) is 0. The Morgan fingerprint density at radius 2 is 1.74 bits per heavy atom. The van der Waals surface area contributed by atoms with Crippen LogP contribution in [0.2, 0.25) is 0 Å². The summed E-state index contributed by atoms with van der Waals surface area (Å²) in [5.74, 6) is 0.688. The first kappa shape index (κ1) is 25.1. The van der Waals surface area contributed by atoms with E-state index >= 15 is 0 Å². The van der Waals surface area contributed by atoms with Crippen molar-refractivity contribution in [1.82, 2.24) is 4.90 Å². The molecule has 8 heteroatoms. The van der Waals surface area contributed by atoms with Crippen LogP contribution in [0.15, 0.2) is 59.1 Å². The zero-order valence-corrected chi connectivity index (χ0v) is 21.3. The molecule has 3 aromatic carbocycles. The van der Waals surface area contributed by atoms with Crippen molar-refractivity contribution in [2.24, 2.45) is 0 Å². The zero-order chi connectivity index (χ0) is 25.5. The Morgan fingerprint density at radius 3 is 2.43 bits per heavy atom. The van der Waals surface area contributed by atoms with Gasteiger partial charge in [0.05, 0.1) is 25.3 Å². The molecule has 35 heavy (non-hydrogen) atoms. The topological polar surface area (TPSA) is 38.8 Å². The highest BCUT2D eigenvalue weighted by Gasteiger charge is 2.41. The number of rotatable bonds is 5. The molecule has 1 amide bonds. The van der Waals surface area contributed by atoms with Gasteiger partial charge >= 0.3 is 12.3 Å². The maximum absolute atomic E-state index is 13.4. The van der Waals surface area contributed by atoms with Gasteiger partial charge in [-0.25, -0.2) is 4.79 Å². The van der Waals surface area contributed by atoms with Crippen molar-refractivity contribution in [2.45, 2.75) is 45.6 Å². The van der Waals surface area contributed by atoms with Gasteiger partial charge in [0.2, 0.25) is 0 Å². The Morgan fingerprint density at radius 1 is 1.00 bits per heavy atom. The van der Waals surface area contributed by atoms with Crippen molar-refractivity contribution in [3.63, 3.8) is 0 Å². The fourth-order valence-corrected chi connectivity index (χ4v) is 4.85. The number of alkyl halides is 3. The second-order valence-electron chi connectivity index (χ2n) is 8.81. The maximum Gasteiger partial charge on any atom is 0.416 e. The van der Waals surface area contributed by atoms with Gasteiger partial charge in [-0.2, -0.15) is 13.2 Å². The normalized spacial score (nSPS) is 18.1. The fourth-order valence-electron chi connectivity index (χ4n) is 4.49. The van der Waals surface area contributed by atoms with Gasteiger partial charge in [0.1, 0.15) is 11.9 Å². The molecule has 0 spiro atoms. The first-order valence-electron chi connectivity index (χ1n) is 11.1. The minimum Gasteiger partial charge on any atom is -0.496 e. The van der Waals surface area contributed by atoms with E-state index in [1.807, 2.05) is 43.3 Å². The van der Waals surface area contributed by atoms with Crippen molar-refractivity contribution in [3.8, 4) is 16.9 Å². The summed E-state index contributed by atoms with van der Waals surface area (Å²) in [7, 11) is 1.60. The van der Waals surface area contributed by atoms with Gasteiger partial charge in [-0.1, -0.05) is 51.3 Å². The Balaban J connectivity index is 1.69. The van der Waals surface area contributed by atoms with Crippen LogP contribution in [0.25, 0.3) is 11.1 Å². The Hall–Kier alpha value is -3.00. The van der Waals surface area contributed by atoms with E-state index in [0.717, 1.165) is 38.9 Å². The van der Waals surface area contributed by atoms with Crippen LogP contribution in [0.1, 0.15) is 40.8 Å². The van der Waals surface area contributed by atoms with Crippen LogP contribution in [0.4, 0.5) is 18.0 Å². The van der Waals surface area contributed by atoms with Crippen LogP contribution >= 0.6 is 15.9 Å². The average molecular weight is 548 g/mol. The van der Waals surface area contributed by atoms with Gasteiger partial charge < -0.3 is 9.47 Å². The van der Waals surface area contributed by atoms with Crippen LogP contribution in [-0.4, -0.2) is 24.1 Å². The van der Waals surface area contributed by atoms with Crippen molar-refractivity contribution < 1.29 is 27.4 Å². The van der Waals surface area contributed by atoms with E-state index in [0.29, 0.717) is 16.9 Å². The SMILES string of the molecule is COc1ccc(Br)cc1-c1ccc(C)cc1CN1C(=O)O[C@H](c2cc(C)cc(C(F)(F)F)c2)[C@@H]1C. The van der Waals surface area contributed by atoms with Crippen molar-refractivity contribution in [1.29, 1.82) is 0 Å². The van der Waals surface area contributed by atoms with Crippen LogP contribution < -0.4 is 4.74 Å². The molecule has 3 aromatic rings. The molecule has 4 rings (SSSR count). The molecule has 184 valence electrons. The third-order valence-electron chi connectivity index (χ3n) is 6.20. The molecular weight excluding hydrogens is 523 g/mol. The lowest BCUT2D eigenvalue weighted by Crippen LogP contribution is -2.31. The molecule has 0 aromatic heterocycles. The molecule has 0 saturated carbocycles. The van der Waals surface area contributed by atoms with Crippen LogP contribution in [-0.2, 0) is 17.5 Å². The van der Waals surface area contributed by atoms with Crippen LogP contribution in [0.3, 0.4) is 0 Å². The minimum atomic E-state index is -4.48. The number of amides is 1. The van der Waals surface area contributed by atoms with E-state index < -0.39 is 30.0 Å². The Labute approximate surface area is 210 Å². The molecule has 2 atom stereocenters. The molecule has 0 aliphatic carbocycles. The van der Waals surface area contributed by atoms with Crippen molar-refractivity contribution in [3.05, 3.63) is 86.9 Å². The summed E-state index contributed by atoms with van der Waals surface area (Å²) >= 11 is 3.51. The Bertz CT molecular complexity index is 1280. The zero-order valence-electron chi connectivity index (χ0n) is 19.7. The number of ether oxygens (including phenoxy) is 2. The standard InChI is InChI=1S/C27H25BrF3NO3/c1-15-5-7-22(23-13-21(28)6-8-24(23)34-4)19(9-15)14-32-17(3)25(35-26(32)33)18-10-16(2)11-20(12-18)27(29,30)31/h5-13,17,25H,14H2,1-4H3/t17-,25-/m0/s1. The van der Waals surface area contributed by atoms with Crippen molar-refractivity contribution >= 4 is 22.0 Å². The van der Waals surface area contributed by atoms with E-state index in [1.54, 1.807) is 31.9 Å². The quantitative estimate of drug-likeness (QED) is 0.326. The number of benzene rings is 3. The predicted molar refractivity (Wildman–Crippen MR) is 131 cm³/mol. The number of halogens is 4. The molecule has 1 saturated heterocycles. The van der Waals surface area contributed by atoms with Crippen LogP contribution in [0.5, 0.6) is 5.75 Å². The van der Waals surface area contributed by atoms with E-state index in [2.05, 4.69) is 15.9 Å². The lowest BCUT2D eigenvalue weighted by molar-refractivity contribution is -0.137. The number of aryl methyl sites for hydroxylation is 2. The number of cyclic esters (lactones) is 1. The highest BCUT2D eigenvalue weighted by molar-refractivity contribution is 9.10. The van der Waals surface area contributed by atoms with Gasteiger partial charge in [-0.15, -0.1) is 0 Å². The number of methoxy groups -OCH3 is 1. The number of carbonyl (C=O) groups excluding carboxylic acids is 1. The fraction of sp³-hybridized carbons (Fsp3) is 0.296. The largest absolute Gasteiger partial charge is 0.496 e. The van der Waals surface area contributed by atoms with E-state index in [-0.39, 0.29) is 6.54 Å². The van der Waals surface area contributed by atoms with E-state index in [9.17, 15) is 18.0 Å². The maximum atomic E-state index is 13.4. The first-order chi connectivity index (χ1) is 16.5. The number of carbonyl (C=O) groups is 1. The Kier molecular flexibility index (Phi) is 6.86. The summed E-state index contributed by atoms with van der Waals surface area (Å²) in [6.07, 6.45) is -5.85.